The monoisotopic (exact) mass is 508 g/mol. The zero-order chi connectivity index (χ0) is 26.6. The Hall–Kier alpha value is -4.37. The number of nitrogens with one attached hydrogen (secondary N) is 2. The van der Waals surface area contributed by atoms with E-state index in [1.165, 1.54) is 31.4 Å². The molecule has 1 atom stereocenters. The molecule has 0 bridgehead atoms. The number of anilines is 2. The summed E-state index contributed by atoms with van der Waals surface area (Å²) in [4.78, 5) is 24.3. The number of rotatable bonds is 6. The van der Waals surface area contributed by atoms with E-state index in [1.807, 2.05) is 0 Å². The maximum absolute atomic E-state index is 13.0. The van der Waals surface area contributed by atoms with Crippen molar-refractivity contribution in [3.63, 3.8) is 0 Å². The molecule has 1 aliphatic rings. The molecule has 2 amide bonds. The molecule has 0 fully saturated rings. The first kappa shape index (κ1) is 25.7. The van der Waals surface area contributed by atoms with E-state index in [0.29, 0.717) is 39.4 Å². The van der Waals surface area contributed by atoms with E-state index >= 15 is 0 Å². The first-order valence-corrected chi connectivity index (χ1v) is 11.3. The highest BCUT2D eigenvalue weighted by Crippen LogP contribution is 2.32. The summed E-state index contributed by atoms with van der Waals surface area (Å²) in [5.74, 6) is -0.342. The van der Waals surface area contributed by atoms with Crippen molar-refractivity contribution in [3.05, 3.63) is 107 Å². The highest BCUT2D eigenvalue weighted by Gasteiger charge is 2.30. The van der Waals surface area contributed by atoms with Gasteiger partial charge in [0, 0.05) is 29.4 Å². The highest BCUT2D eigenvalue weighted by molar-refractivity contribution is 6.03. The molecular weight excluding hydrogens is 485 g/mol. The van der Waals surface area contributed by atoms with Gasteiger partial charge >= 0.3 is 6.18 Å². The van der Waals surface area contributed by atoms with Crippen molar-refractivity contribution in [2.75, 3.05) is 17.7 Å². The molecule has 3 aromatic rings. The number of methoxy groups -OCH3 is 1. The normalized spacial score (nSPS) is 15.8. The average molecular weight is 508 g/mol. The second-order valence-electron chi connectivity index (χ2n) is 8.27. The highest BCUT2D eigenvalue weighted by atomic mass is 19.4. The summed E-state index contributed by atoms with van der Waals surface area (Å²) in [6, 6.07) is 16.8. The SMILES string of the molecule is COc1ccc(C(=CC=CC(=O)Nc2cccc3c2CC(O)C(=O)N3)c2ccc(C(F)(F)F)cc2)cc1. The van der Waals surface area contributed by atoms with E-state index < -0.39 is 29.7 Å². The Balaban J connectivity index is 1.59. The minimum atomic E-state index is -4.45. The van der Waals surface area contributed by atoms with Gasteiger partial charge in [0.1, 0.15) is 11.9 Å². The molecule has 37 heavy (non-hydrogen) atoms. The van der Waals surface area contributed by atoms with E-state index in [0.717, 1.165) is 12.1 Å². The Morgan fingerprint density at radius 1 is 1.05 bits per heavy atom. The first-order valence-electron chi connectivity index (χ1n) is 11.3. The van der Waals surface area contributed by atoms with Crippen molar-refractivity contribution < 1.29 is 32.6 Å². The number of hydrogen-bond donors (Lipinski definition) is 3. The molecule has 0 spiro atoms. The van der Waals surface area contributed by atoms with Crippen LogP contribution in [0.3, 0.4) is 0 Å². The lowest BCUT2D eigenvalue weighted by atomic mass is 9.96. The van der Waals surface area contributed by atoms with E-state index in [4.69, 9.17) is 4.74 Å². The number of amides is 2. The Morgan fingerprint density at radius 2 is 1.70 bits per heavy atom. The van der Waals surface area contributed by atoms with Crippen molar-refractivity contribution in [2.45, 2.75) is 18.7 Å². The molecule has 0 saturated carbocycles. The van der Waals surface area contributed by atoms with Crippen LogP contribution >= 0.6 is 0 Å². The topological polar surface area (TPSA) is 87.7 Å². The van der Waals surface area contributed by atoms with Crippen LogP contribution in [-0.2, 0) is 22.2 Å². The minimum Gasteiger partial charge on any atom is -0.497 e. The Morgan fingerprint density at radius 3 is 2.32 bits per heavy atom. The molecule has 3 N–H and O–H groups in total. The molecule has 0 aliphatic carbocycles. The summed E-state index contributed by atoms with van der Waals surface area (Å²) in [6.07, 6.45) is -1.18. The summed E-state index contributed by atoms with van der Waals surface area (Å²) < 4.78 is 44.3. The molecule has 1 aliphatic heterocycles. The van der Waals surface area contributed by atoms with Crippen LogP contribution in [0, 0.1) is 0 Å². The fraction of sp³-hybridized carbons (Fsp3) is 0.143. The zero-order valence-electron chi connectivity index (χ0n) is 19.7. The summed E-state index contributed by atoms with van der Waals surface area (Å²) in [7, 11) is 1.53. The molecule has 1 heterocycles. The number of halogens is 3. The third-order valence-electron chi connectivity index (χ3n) is 5.83. The van der Waals surface area contributed by atoms with Gasteiger partial charge in [-0.25, -0.2) is 0 Å². The van der Waals surface area contributed by atoms with Gasteiger partial charge in [-0.3, -0.25) is 9.59 Å². The number of aliphatic hydroxyl groups excluding tert-OH is 1. The number of fused-ring (bicyclic) bond motifs is 1. The Kier molecular flexibility index (Phi) is 7.45. The lowest BCUT2D eigenvalue weighted by Crippen LogP contribution is -2.34. The third-order valence-corrected chi connectivity index (χ3v) is 5.83. The van der Waals surface area contributed by atoms with Crippen molar-refractivity contribution in [3.8, 4) is 5.75 Å². The quantitative estimate of drug-likeness (QED) is 0.316. The minimum absolute atomic E-state index is 0.0662. The fourth-order valence-corrected chi connectivity index (χ4v) is 3.92. The van der Waals surface area contributed by atoms with Crippen LogP contribution in [0.25, 0.3) is 5.57 Å². The van der Waals surface area contributed by atoms with Crippen LogP contribution < -0.4 is 15.4 Å². The maximum Gasteiger partial charge on any atom is 0.416 e. The fourth-order valence-electron chi connectivity index (χ4n) is 3.92. The summed E-state index contributed by atoms with van der Waals surface area (Å²) in [6.45, 7) is 0. The van der Waals surface area contributed by atoms with Gasteiger partial charge in [0.25, 0.3) is 5.91 Å². The first-order chi connectivity index (χ1) is 17.7. The molecule has 0 radical (unpaired) electrons. The predicted octanol–water partition coefficient (Wildman–Crippen LogP) is 5.20. The van der Waals surface area contributed by atoms with Crippen LogP contribution in [0.4, 0.5) is 24.5 Å². The number of carbonyl (C=O) groups is 2. The molecular formula is C28H23F3N2O4. The smallest absolute Gasteiger partial charge is 0.416 e. The molecule has 3 aromatic carbocycles. The van der Waals surface area contributed by atoms with E-state index in [-0.39, 0.29) is 6.42 Å². The Labute approximate surface area is 211 Å². The summed E-state index contributed by atoms with van der Waals surface area (Å²) in [5.41, 5.74) is 2.67. The summed E-state index contributed by atoms with van der Waals surface area (Å²) >= 11 is 0. The summed E-state index contributed by atoms with van der Waals surface area (Å²) in [5, 5.41) is 15.2. The number of hydrogen-bond acceptors (Lipinski definition) is 4. The molecule has 0 aromatic heterocycles. The molecule has 9 heteroatoms. The molecule has 190 valence electrons. The van der Waals surface area contributed by atoms with Crippen molar-refractivity contribution in [1.29, 1.82) is 0 Å². The maximum atomic E-state index is 13.0. The Bertz CT molecular complexity index is 1360. The molecule has 4 rings (SSSR count). The van der Waals surface area contributed by atoms with Gasteiger partial charge in [0.15, 0.2) is 0 Å². The third kappa shape index (κ3) is 6.07. The van der Waals surface area contributed by atoms with Crippen LogP contribution in [0.2, 0.25) is 0 Å². The largest absolute Gasteiger partial charge is 0.497 e. The van der Waals surface area contributed by atoms with E-state index in [1.54, 1.807) is 48.5 Å². The number of alkyl halides is 3. The molecule has 0 saturated heterocycles. The predicted molar refractivity (Wildman–Crippen MR) is 134 cm³/mol. The zero-order valence-corrected chi connectivity index (χ0v) is 19.7. The second kappa shape index (κ2) is 10.7. The van der Waals surface area contributed by atoms with Crippen molar-refractivity contribution in [2.24, 2.45) is 0 Å². The number of ether oxygens (including phenoxy) is 1. The molecule has 1 unspecified atom stereocenters. The number of benzene rings is 3. The van der Waals surface area contributed by atoms with Crippen LogP contribution in [-0.4, -0.2) is 30.1 Å². The number of carbonyl (C=O) groups excluding carboxylic acids is 2. The van der Waals surface area contributed by atoms with Gasteiger partial charge in [-0.1, -0.05) is 42.5 Å². The standard InChI is InChI=1S/C28H23F3N2O4/c1-37-20-14-10-18(11-15-20)21(17-8-12-19(13-9-17)28(29,30)31)4-2-7-26(35)32-23-5-3-6-24-22(23)16-25(34)27(36)33-24/h2-15,25,34H,16H2,1H3,(H,32,35)(H,33,36). The van der Waals surface area contributed by atoms with Crippen LogP contribution in [0.15, 0.2) is 85.0 Å². The van der Waals surface area contributed by atoms with Gasteiger partial charge in [-0.2, -0.15) is 13.2 Å². The van der Waals surface area contributed by atoms with Crippen molar-refractivity contribution in [1.82, 2.24) is 0 Å². The van der Waals surface area contributed by atoms with Gasteiger partial charge in [0.05, 0.1) is 12.7 Å². The lowest BCUT2D eigenvalue weighted by Gasteiger charge is -2.23. The number of aliphatic hydroxyl groups is 1. The lowest BCUT2D eigenvalue weighted by molar-refractivity contribution is -0.137. The van der Waals surface area contributed by atoms with Gasteiger partial charge < -0.3 is 20.5 Å². The van der Waals surface area contributed by atoms with Gasteiger partial charge in [-0.05, 0) is 53.1 Å². The van der Waals surface area contributed by atoms with E-state index in [2.05, 4.69) is 10.6 Å². The van der Waals surface area contributed by atoms with Crippen molar-refractivity contribution >= 4 is 28.8 Å². The van der Waals surface area contributed by atoms with Gasteiger partial charge in [-0.15, -0.1) is 0 Å². The molecule has 6 nitrogen and oxygen atoms in total. The van der Waals surface area contributed by atoms with Gasteiger partial charge in [0.2, 0.25) is 5.91 Å². The van der Waals surface area contributed by atoms with Crippen LogP contribution in [0.5, 0.6) is 5.75 Å². The van der Waals surface area contributed by atoms with E-state index in [9.17, 15) is 27.9 Å². The average Bonchev–Trinajstić information content (AvgIpc) is 2.87. The number of allylic oxidation sites excluding steroid dienone is 2. The van der Waals surface area contributed by atoms with Crippen LogP contribution in [0.1, 0.15) is 22.3 Å². The second-order valence-corrected chi connectivity index (χ2v) is 8.27.